The van der Waals surface area contributed by atoms with Crippen LogP contribution in [0.5, 0.6) is 11.5 Å². The van der Waals surface area contributed by atoms with Crippen molar-refractivity contribution in [3.8, 4) is 11.5 Å². The van der Waals surface area contributed by atoms with Crippen molar-refractivity contribution in [3.05, 3.63) is 23.8 Å². The van der Waals surface area contributed by atoms with Gasteiger partial charge in [0.1, 0.15) is 0 Å². The number of rotatable bonds is 2. The van der Waals surface area contributed by atoms with Gasteiger partial charge in [-0.3, -0.25) is 4.79 Å². The Morgan fingerprint density at radius 1 is 1.24 bits per heavy atom. The van der Waals surface area contributed by atoms with Gasteiger partial charge in [0.05, 0.1) is 6.42 Å². The van der Waals surface area contributed by atoms with Crippen LogP contribution in [-0.2, 0) is 11.2 Å². The Morgan fingerprint density at radius 3 is 2.95 bits per heavy atom. The molecular formula is C16H20N2O3. The molecule has 2 heterocycles. The second kappa shape index (κ2) is 4.91. The van der Waals surface area contributed by atoms with Gasteiger partial charge in [-0.05, 0) is 42.4 Å². The fourth-order valence-corrected chi connectivity index (χ4v) is 3.85. The van der Waals surface area contributed by atoms with Crippen LogP contribution in [0, 0.1) is 11.8 Å². The maximum atomic E-state index is 12.5. The molecule has 1 saturated carbocycles. The number of nitrogens with two attached hydrogens (primary N) is 1. The third-order valence-electron chi connectivity index (χ3n) is 5.06. The molecule has 2 fully saturated rings. The maximum Gasteiger partial charge on any atom is 0.231 e. The summed E-state index contributed by atoms with van der Waals surface area (Å²) < 4.78 is 10.6. The number of likely N-dealkylation sites (tertiary alicyclic amines) is 1. The summed E-state index contributed by atoms with van der Waals surface area (Å²) in [7, 11) is 0. The Kier molecular flexibility index (Phi) is 3.03. The Morgan fingerprint density at radius 2 is 2.10 bits per heavy atom. The van der Waals surface area contributed by atoms with Gasteiger partial charge in [0.2, 0.25) is 12.7 Å². The number of fused-ring (bicyclic) bond motifs is 2. The monoisotopic (exact) mass is 288 g/mol. The molecule has 5 nitrogen and oxygen atoms in total. The average Bonchev–Trinajstić information content (AvgIpc) is 3.16. The first-order valence-electron chi connectivity index (χ1n) is 7.62. The van der Waals surface area contributed by atoms with E-state index in [1.54, 1.807) is 0 Å². The molecule has 3 aliphatic rings. The summed E-state index contributed by atoms with van der Waals surface area (Å²) in [5.41, 5.74) is 7.11. The molecular weight excluding hydrogens is 268 g/mol. The molecule has 3 unspecified atom stereocenters. The number of carbonyl (C=O) groups is 1. The van der Waals surface area contributed by atoms with Crippen molar-refractivity contribution in [2.75, 3.05) is 19.9 Å². The topological polar surface area (TPSA) is 64.8 Å². The van der Waals surface area contributed by atoms with E-state index < -0.39 is 0 Å². The van der Waals surface area contributed by atoms with E-state index in [2.05, 4.69) is 0 Å². The van der Waals surface area contributed by atoms with Crippen molar-refractivity contribution in [2.45, 2.75) is 25.3 Å². The van der Waals surface area contributed by atoms with Gasteiger partial charge < -0.3 is 20.1 Å². The first-order chi connectivity index (χ1) is 10.2. The molecule has 1 amide bonds. The highest BCUT2D eigenvalue weighted by Crippen LogP contribution is 2.37. The summed E-state index contributed by atoms with van der Waals surface area (Å²) in [4.78, 5) is 14.5. The van der Waals surface area contributed by atoms with Crippen molar-refractivity contribution < 1.29 is 14.3 Å². The normalized spacial score (nSPS) is 29.8. The molecule has 5 heteroatoms. The number of nitrogens with zero attached hydrogens (tertiary/aromatic N) is 1. The van der Waals surface area contributed by atoms with Crippen LogP contribution in [0.1, 0.15) is 18.4 Å². The zero-order valence-corrected chi connectivity index (χ0v) is 12.0. The largest absolute Gasteiger partial charge is 0.454 e. The molecule has 1 saturated heterocycles. The Hall–Kier alpha value is -1.75. The van der Waals surface area contributed by atoms with Crippen LogP contribution in [0.2, 0.25) is 0 Å². The second-order valence-corrected chi connectivity index (χ2v) is 6.33. The van der Waals surface area contributed by atoms with E-state index in [9.17, 15) is 4.79 Å². The van der Waals surface area contributed by atoms with Gasteiger partial charge in [-0.2, -0.15) is 0 Å². The predicted molar refractivity (Wildman–Crippen MR) is 77.0 cm³/mol. The lowest BCUT2D eigenvalue weighted by Gasteiger charge is -2.19. The molecule has 1 aliphatic carbocycles. The zero-order valence-electron chi connectivity index (χ0n) is 12.0. The minimum atomic E-state index is 0.190. The molecule has 21 heavy (non-hydrogen) atoms. The summed E-state index contributed by atoms with van der Waals surface area (Å²) in [6, 6.07) is 5.99. The van der Waals surface area contributed by atoms with E-state index in [-0.39, 0.29) is 18.7 Å². The highest BCUT2D eigenvalue weighted by molar-refractivity contribution is 5.79. The third-order valence-corrected chi connectivity index (χ3v) is 5.06. The Balaban J connectivity index is 1.42. The number of hydrogen-bond donors (Lipinski definition) is 1. The van der Waals surface area contributed by atoms with E-state index >= 15 is 0 Å². The lowest BCUT2D eigenvalue weighted by Crippen LogP contribution is -2.34. The molecule has 0 bridgehead atoms. The van der Waals surface area contributed by atoms with Crippen LogP contribution >= 0.6 is 0 Å². The number of carbonyl (C=O) groups excluding carboxylic acids is 1. The molecule has 1 aromatic rings. The smallest absolute Gasteiger partial charge is 0.231 e. The molecule has 2 aliphatic heterocycles. The van der Waals surface area contributed by atoms with Crippen LogP contribution in [0.3, 0.4) is 0 Å². The van der Waals surface area contributed by atoms with Gasteiger partial charge in [-0.15, -0.1) is 0 Å². The molecule has 2 N–H and O–H groups in total. The molecule has 0 radical (unpaired) electrons. The molecule has 1 aromatic carbocycles. The molecule has 112 valence electrons. The van der Waals surface area contributed by atoms with Gasteiger partial charge in [0.15, 0.2) is 11.5 Å². The fraction of sp³-hybridized carbons (Fsp3) is 0.562. The predicted octanol–water partition coefficient (Wildman–Crippen LogP) is 1.15. The van der Waals surface area contributed by atoms with Crippen molar-refractivity contribution in [3.63, 3.8) is 0 Å². The first-order valence-corrected chi connectivity index (χ1v) is 7.62. The number of ether oxygens (including phenoxy) is 2. The fourth-order valence-electron chi connectivity index (χ4n) is 3.85. The minimum absolute atomic E-state index is 0.190. The highest BCUT2D eigenvalue weighted by atomic mass is 16.7. The number of amides is 1. The van der Waals surface area contributed by atoms with Crippen molar-refractivity contribution in [1.29, 1.82) is 0 Å². The van der Waals surface area contributed by atoms with Crippen LogP contribution < -0.4 is 15.2 Å². The Labute approximate surface area is 124 Å². The van der Waals surface area contributed by atoms with Crippen LogP contribution in [0.15, 0.2) is 18.2 Å². The standard InChI is InChI=1S/C16H20N2O3/c17-13-3-2-11-7-18(8-12(11)13)16(19)6-10-1-4-14-15(5-10)21-9-20-14/h1,4-5,11-13H,2-3,6-9,17H2. The van der Waals surface area contributed by atoms with Gasteiger partial charge in [-0.25, -0.2) is 0 Å². The number of benzene rings is 1. The van der Waals surface area contributed by atoms with E-state index in [4.69, 9.17) is 15.2 Å². The maximum absolute atomic E-state index is 12.5. The van der Waals surface area contributed by atoms with Crippen LogP contribution in [0.25, 0.3) is 0 Å². The summed E-state index contributed by atoms with van der Waals surface area (Å²) in [6.07, 6.45) is 2.70. The van der Waals surface area contributed by atoms with E-state index in [1.807, 2.05) is 23.1 Å². The average molecular weight is 288 g/mol. The van der Waals surface area contributed by atoms with E-state index in [0.29, 0.717) is 18.3 Å². The van der Waals surface area contributed by atoms with E-state index in [0.717, 1.165) is 36.6 Å². The van der Waals surface area contributed by atoms with E-state index in [1.165, 1.54) is 6.42 Å². The highest BCUT2D eigenvalue weighted by Gasteiger charge is 2.42. The van der Waals surface area contributed by atoms with Gasteiger partial charge in [0, 0.05) is 19.1 Å². The molecule has 0 spiro atoms. The summed E-state index contributed by atoms with van der Waals surface area (Å²) in [6.45, 7) is 1.97. The molecule has 0 aromatic heterocycles. The first kappa shape index (κ1) is 13.0. The third kappa shape index (κ3) is 2.25. The van der Waals surface area contributed by atoms with Crippen molar-refractivity contribution in [2.24, 2.45) is 17.6 Å². The van der Waals surface area contributed by atoms with Crippen molar-refractivity contribution >= 4 is 5.91 Å². The second-order valence-electron chi connectivity index (χ2n) is 6.33. The van der Waals surface area contributed by atoms with Crippen LogP contribution in [-0.4, -0.2) is 36.7 Å². The SMILES string of the molecule is NC1CCC2CN(C(=O)Cc3ccc4c(c3)OCO4)CC12. The number of hydrogen-bond acceptors (Lipinski definition) is 4. The quantitative estimate of drug-likeness (QED) is 0.887. The summed E-state index contributed by atoms with van der Waals surface area (Å²) >= 11 is 0. The lowest BCUT2D eigenvalue weighted by molar-refractivity contribution is -0.129. The Bertz CT molecular complexity index is 575. The molecule has 3 atom stereocenters. The van der Waals surface area contributed by atoms with Crippen LogP contribution in [0.4, 0.5) is 0 Å². The van der Waals surface area contributed by atoms with Gasteiger partial charge >= 0.3 is 0 Å². The summed E-state index contributed by atoms with van der Waals surface area (Å²) in [5.74, 6) is 2.80. The minimum Gasteiger partial charge on any atom is -0.454 e. The summed E-state index contributed by atoms with van der Waals surface area (Å²) in [5, 5.41) is 0. The van der Waals surface area contributed by atoms with Crippen molar-refractivity contribution in [1.82, 2.24) is 4.90 Å². The zero-order chi connectivity index (χ0) is 14.4. The van der Waals surface area contributed by atoms with Gasteiger partial charge in [0.25, 0.3) is 0 Å². The lowest BCUT2D eigenvalue weighted by atomic mass is 9.98. The van der Waals surface area contributed by atoms with Gasteiger partial charge in [-0.1, -0.05) is 6.07 Å². The molecule has 4 rings (SSSR count).